The molecule has 2 saturated heterocycles. The molecule has 7 heteroatoms. The predicted octanol–water partition coefficient (Wildman–Crippen LogP) is 2.65. The Bertz CT molecular complexity index is 685. The second kappa shape index (κ2) is 9.61. The molecule has 2 aliphatic heterocycles. The van der Waals surface area contributed by atoms with E-state index in [0.29, 0.717) is 37.0 Å². The lowest BCUT2D eigenvalue weighted by atomic mass is 10.1. The molecule has 0 spiro atoms. The van der Waals surface area contributed by atoms with Gasteiger partial charge >= 0.3 is 0 Å². The van der Waals surface area contributed by atoms with Gasteiger partial charge in [-0.1, -0.05) is 23.7 Å². The molecule has 0 N–H and O–H groups in total. The van der Waals surface area contributed by atoms with E-state index in [9.17, 15) is 9.59 Å². The first-order valence-electron chi connectivity index (χ1n) is 10.2. The third kappa shape index (κ3) is 4.97. The highest BCUT2D eigenvalue weighted by Gasteiger charge is 2.32. The average Bonchev–Trinajstić information content (AvgIpc) is 2.74. The van der Waals surface area contributed by atoms with Crippen LogP contribution in [0, 0.1) is 0 Å². The van der Waals surface area contributed by atoms with Crippen LogP contribution in [0.15, 0.2) is 24.3 Å². The van der Waals surface area contributed by atoms with Crippen molar-refractivity contribution in [1.29, 1.82) is 0 Å². The van der Waals surface area contributed by atoms with Crippen LogP contribution < -0.4 is 4.74 Å². The van der Waals surface area contributed by atoms with Crippen LogP contribution in [0.3, 0.4) is 0 Å². The molecule has 2 fully saturated rings. The molecule has 28 heavy (non-hydrogen) atoms. The third-order valence-electron chi connectivity index (χ3n) is 5.69. The smallest absolute Gasteiger partial charge is 0.263 e. The summed E-state index contributed by atoms with van der Waals surface area (Å²) in [5.74, 6) is 0.689. The molecule has 6 nitrogen and oxygen atoms in total. The van der Waals surface area contributed by atoms with Gasteiger partial charge in [0.15, 0.2) is 6.10 Å². The summed E-state index contributed by atoms with van der Waals surface area (Å²) in [6, 6.07) is 7.03. The summed E-state index contributed by atoms with van der Waals surface area (Å²) in [7, 11) is 0. The Labute approximate surface area is 172 Å². The largest absolute Gasteiger partial charge is 0.479 e. The van der Waals surface area contributed by atoms with Crippen LogP contribution in [0.4, 0.5) is 0 Å². The van der Waals surface area contributed by atoms with Gasteiger partial charge in [-0.05, 0) is 45.2 Å². The van der Waals surface area contributed by atoms with Gasteiger partial charge in [0.1, 0.15) is 5.75 Å². The molecule has 0 aliphatic carbocycles. The molecule has 3 rings (SSSR count). The number of carbonyl (C=O) groups excluding carboxylic acids is 2. The summed E-state index contributed by atoms with van der Waals surface area (Å²) in [6.45, 7) is 8.09. The Kier molecular flexibility index (Phi) is 7.18. The molecule has 0 radical (unpaired) electrons. The van der Waals surface area contributed by atoms with Gasteiger partial charge in [-0.15, -0.1) is 0 Å². The van der Waals surface area contributed by atoms with Gasteiger partial charge in [-0.3, -0.25) is 14.5 Å². The van der Waals surface area contributed by atoms with E-state index in [1.807, 2.05) is 28.9 Å². The van der Waals surface area contributed by atoms with Crippen molar-refractivity contribution in [3.8, 4) is 5.75 Å². The molecule has 0 aromatic heterocycles. The van der Waals surface area contributed by atoms with E-state index in [0.717, 1.165) is 25.9 Å². The second-order valence-corrected chi connectivity index (χ2v) is 8.02. The highest BCUT2D eigenvalue weighted by Crippen LogP contribution is 2.24. The fourth-order valence-corrected chi connectivity index (χ4v) is 4.08. The highest BCUT2D eigenvalue weighted by atomic mass is 35.5. The predicted molar refractivity (Wildman–Crippen MR) is 110 cm³/mol. The van der Waals surface area contributed by atoms with Crippen LogP contribution in [-0.4, -0.2) is 77.9 Å². The molecule has 154 valence electrons. The minimum Gasteiger partial charge on any atom is -0.479 e. The summed E-state index contributed by atoms with van der Waals surface area (Å²) in [5, 5.41) is 0.497. The number of rotatable bonds is 5. The van der Waals surface area contributed by atoms with Gasteiger partial charge in [0.2, 0.25) is 5.91 Å². The lowest BCUT2D eigenvalue weighted by Crippen LogP contribution is -2.57. The van der Waals surface area contributed by atoms with Crippen molar-refractivity contribution in [2.45, 2.75) is 45.3 Å². The Hall–Kier alpha value is -1.79. The molecule has 2 amide bonds. The molecular weight excluding hydrogens is 378 g/mol. The van der Waals surface area contributed by atoms with Crippen molar-refractivity contribution in [3.05, 3.63) is 29.3 Å². The van der Waals surface area contributed by atoms with Crippen LogP contribution in [0.25, 0.3) is 0 Å². The number of hydrogen-bond donors (Lipinski definition) is 0. The van der Waals surface area contributed by atoms with Gasteiger partial charge in [-0.2, -0.15) is 0 Å². The van der Waals surface area contributed by atoms with Gasteiger partial charge < -0.3 is 14.5 Å². The van der Waals surface area contributed by atoms with E-state index in [1.165, 1.54) is 6.42 Å². The first-order chi connectivity index (χ1) is 13.5. The third-order valence-corrected chi connectivity index (χ3v) is 6.00. The summed E-state index contributed by atoms with van der Waals surface area (Å²) in [4.78, 5) is 31.5. The number of piperazine rings is 1. The number of nitrogens with zero attached hydrogens (tertiary/aromatic N) is 3. The molecular formula is C21H30ClN3O3. The van der Waals surface area contributed by atoms with Crippen LogP contribution in [0.5, 0.6) is 5.75 Å². The standard InChI is InChI=1S/C21H30ClN3O3/c1-16(20(26)24-10-6-3-7-11-24)23-12-14-25(15-13-23)21(27)17(2)28-19-9-5-4-8-18(19)22/h4-5,8-9,16-17H,3,6-7,10-15H2,1-2H3. The van der Waals surface area contributed by atoms with Crippen molar-refractivity contribution in [1.82, 2.24) is 14.7 Å². The lowest BCUT2D eigenvalue weighted by molar-refractivity contribution is -0.142. The Balaban J connectivity index is 1.49. The zero-order chi connectivity index (χ0) is 20.1. The molecule has 1 aromatic rings. The maximum Gasteiger partial charge on any atom is 0.263 e. The van der Waals surface area contributed by atoms with Crippen molar-refractivity contribution >= 4 is 23.4 Å². The van der Waals surface area contributed by atoms with Gasteiger partial charge in [0.25, 0.3) is 5.91 Å². The summed E-state index contributed by atoms with van der Waals surface area (Å²) < 4.78 is 5.75. The fourth-order valence-electron chi connectivity index (χ4n) is 3.90. The molecule has 0 saturated carbocycles. The second-order valence-electron chi connectivity index (χ2n) is 7.61. The first kappa shape index (κ1) is 20.9. The lowest BCUT2D eigenvalue weighted by Gasteiger charge is -2.40. The van der Waals surface area contributed by atoms with E-state index < -0.39 is 6.10 Å². The van der Waals surface area contributed by atoms with Crippen molar-refractivity contribution < 1.29 is 14.3 Å². The molecule has 2 unspecified atom stereocenters. The number of benzene rings is 1. The minimum absolute atomic E-state index is 0.0467. The van der Waals surface area contributed by atoms with Crippen LogP contribution in [0.1, 0.15) is 33.1 Å². The molecule has 0 bridgehead atoms. The van der Waals surface area contributed by atoms with E-state index in [4.69, 9.17) is 16.3 Å². The number of para-hydroxylation sites is 1. The number of amides is 2. The van der Waals surface area contributed by atoms with Gasteiger partial charge in [0.05, 0.1) is 11.1 Å². The summed E-state index contributed by atoms with van der Waals surface area (Å²) >= 11 is 6.11. The Morgan fingerprint density at radius 3 is 2.14 bits per heavy atom. The van der Waals surface area contributed by atoms with Crippen molar-refractivity contribution in [2.24, 2.45) is 0 Å². The molecule has 1 aromatic carbocycles. The summed E-state index contributed by atoms with van der Waals surface area (Å²) in [5.41, 5.74) is 0. The quantitative estimate of drug-likeness (QED) is 0.753. The van der Waals surface area contributed by atoms with Gasteiger partial charge in [0, 0.05) is 39.3 Å². The van der Waals surface area contributed by atoms with E-state index in [-0.39, 0.29) is 17.9 Å². The fraction of sp³-hybridized carbons (Fsp3) is 0.619. The van der Waals surface area contributed by atoms with E-state index in [1.54, 1.807) is 19.1 Å². The van der Waals surface area contributed by atoms with Crippen LogP contribution in [-0.2, 0) is 9.59 Å². The summed E-state index contributed by atoms with van der Waals surface area (Å²) in [6.07, 6.45) is 2.82. The monoisotopic (exact) mass is 407 g/mol. The molecule has 2 heterocycles. The number of piperidine rings is 1. The van der Waals surface area contributed by atoms with Gasteiger partial charge in [-0.25, -0.2) is 0 Å². The highest BCUT2D eigenvalue weighted by molar-refractivity contribution is 6.32. The van der Waals surface area contributed by atoms with Crippen LogP contribution in [0.2, 0.25) is 5.02 Å². The maximum absolute atomic E-state index is 12.7. The van der Waals surface area contributed by atoms with Crippen molar-refractivity contribution in [2.75, 3.05) is 39.3 Å². The topological polar surface area (TPSA) is 53.1 Å². The number of halogens is 1. The maximum atomic E-state index is 12.7. The zero-order valence-electron chi connectivity index (χ0n) is 16.8. The normalized spacial score (nSPS) is 20.5. The van der Waals surface area contributed by atoms with E-state index in [2.05, 4.69) is 4.90 Å². The molecule has 2 atom stereocenters. The van der Waals surface area contributed by atoms with Crippen LogP contribution >= 0.6 is 11.6 Å². The van der Waals surface area contributed by atoms with E-state index >= 15 is 0 Å². The SMILES string of the molecule is CC(Oc1ccccc1Cl)C(=O)N1CCN(C(C)C(=O)N2CCCCC2)CC1. The number of carbonyl (C=O) groups is 2. The number of hydrogen-bond acceptors (Lipinski definition) is 4. The zero-order valence-corrected chi connectivity index (χ0v) is 17.5. The Morgan fingerprint density at radius 1 is 0.893 bits per heavy atom. The molecule has 2 aliphatic rings. The number of likely N-dealkylation sites (tertiary alicyclic amines) is 1. The first-order valence-corrected chi connectivity index (χ1v) is 10.6. The average molecular weight is 408 g/mol. The number of ether oxygens (including phenoxy) is 1. The minimum atomic E-state index is -0.598. The van der Waals surface area contributed by atoms with Crippen molar-refractivity contribution in [3.63, 3.8) is 0 Å². The Morgan fingerprint density at radius 2 is 1.50 bits per heavy atom.